The second kappa shape index (κ2) is 17.2. The number of halogens is 1. The number of anilines is 1. The number of nitrogens with zero attached hydrogens (tertiary/aromatic N) is 2. The molecule has 12 nitrogen and oxygen atoms in total. The van der Waals surface area contributed by atoms with Crippen molar-refractivity contribution in [1.29, 1.82) is 0 Å². The monoisotopic (exact) mass is 781 g/mol. The number of aliphatic hydroxyl groups is 1. The van der Waals surface area contributed by atoms with Gasteiger partial charge in [-0.05, 0) is 49.1 Å². The number of benzene rings is 2. The van der Waals surface area contributed by atoms with E-state index in [1.807, 2.05) is 13.0 Å². The number of allylic oxidation sites excluding steroid dienone is 1. The number of methoxy groups -OCH3 is 2. The number of fused-ring (bicyclic) bond motifs is 1. The maximum absolute atomic E-state index is 14.9. The lowest BCUT2D eigenvalue weighted by Gasteiger charge is -2.39. The molecule has 9 atom stereocenters. The average Bonchev–Trinajstić information content (AvgIpc) is 3.75. The highest BCUT2D eigenvalue weighted by atomic mass is 79.9. The van der Waals surface area contributed by atoms with Crippen LogP contribution >= 0.6 is 15.9 Å². The van der Waals surface area contributed by atoms with Gasteiger partial charge in [-0.3, -0.25) is 19.2 Å². The van der Waals surface area contributed by atoms with Gasteiger partial charge in [-0.25, -0.2) is 0 Å². The normalized spacial score (nSPS) is 26.2. The van der Waals surface area contributed by atoms with Crippen molar-refractivity contribution < 1.29 is 43.2 Å². The fraction of sp³-hybridized carbons (Fsp3) is 0.487. The number of hydrogen-bond donors (Lipinski definition) is 2. The minimum atomic E-state index is -1.40. The summed E-state index contributed by atoms with van der Waals surface area (Å²) in [6.45, 7) is 9.15. The van der Waals surface area contributed by atoms with E-state index < -0.39 is 77.0 Å². The number of likely N-dealkylation sites (tertiary alicyclic amines) is 1. The summed E-state index contributed by atoms with van der Waals surface area (Å²) in [6, 6.07) is 13.3. The number of aliphatic hydroxyl groups excluding tert-OH is 1. The van der Waals surface area contributed by atoms with Crippen molar-refractivity contribution in [3.05, 3.63) is 85.5 Å². The number of rotatable bonds is 18. The van der Waals surface area contributed by atoms with Crippen LogP contribution in [-0.2, 0) is 33.4 Å². The van der Waals surface area contributed by atoms with Crippen molar-refractivity contribution in [2.24, 2.45) is 11.8 Å². The van der Waals surface area contributed by atoms with Crippen LogP contribution in [0.1, 0.15) is 44.3 Å². The molecule has 3 heterocycles. The van der Waals surface area contributed by atoms with Crippen molar-refractivity contribution in [1.82, 2.24) is 10.2 Å². The summed E-state index contributed by atoms with van der Waals surface area (Å²) in [6.07, 6.45) is 2.76. The van der Waals surface area contributed by atoms with Gasteiger partial charge in [0.1, 0.15) is 23.5 Å². The highest BCUT2D eigenvalue weighted by molar-refractivity contribution is 9.09. The van der Waals surface area contributed by atoms with E-state index in [4.69, 9.17) is 18.9 Å². The molecule has 2 N–H and O–H groups in total. The van der Waals surface area contributed by atoms with Gasteiger partial charge < -0.3 is 39.2 Å². The average molecular weight is 783 g/mol. The van der Waals surface area contributed by atoms with Crippen molar-refractivity contribution >= 4 is 45.3 Å². The number of amides is 3. The van der Waals surface area contributed by atoms with Crippen molar-refractivity contribution in [2.75, 3.05) is 38.9 Å². The van der Waals surface area contributed by atoms with Crippen molar-refractivity contribution in [3.8, 4) is 5.75 Å². The standard InChI is InChI=1S/C39H48BrN3O9/c1-6-9-15-30(45)41-29(23-49-4)33(24-13-11-10-12-14-24)51-38(48)31-32-36(46)43(25(8-3)22-44)35(39(32)21-28(40)34(31)52-39)37(47)42(20-7-2)26-16-18-27(50-5)19-17-26/h6-7,10-14,16-19,25,28-29,31-35,44H,1-2,8-9,15,20-23H2,3-5H3,(H,41,45)/t25-,28?,29-,31+,32-,33-,34+,35+,39-/m0/s1. The maximum atomic E-state index is 14.9. The molecule has 52 heavy (non-hydrogen) atoms. The Kier molecular flexibility index (Phi) is 13.0. The zero-order chi connectivity index (χ0) is 37.6. The summed E-state index contributed by atoms with van der Waals surface area (Å²) in [5.74, 6) is -3.41. The first-order chi connectivity index (χ1) is 25.1. The summed E-state index contributed by atoms with van der Waals surface area (Å²) >= 11 is 3.72. The molecule has 0 radical (unpaired) electrons. The van der Waals surface area contributed by atoms with E-state index in [-0.39, 0.29) is 31.9 Å². The van der Waals surface area contributed by atoms with Gasteiger partial charge in [-0.15, -0.1) is 13.2 Å². The Balaban J connectivity index is 1.54. The highest BCUT2D eigenvalue weighted by Crippen LogP contribution is 2.61. The number of esters is 1. The Morgan fingerprint density at radius 2 is 1.85 bits per heavy atom. The van der Waals surface area contributed by atoms with E-state index in [0.29, 0.717) is 29.8 Å². The van der Waals surface area contributed by atoms with Crippen molar-refractivity contribution in [2.45, 2.75) is 73.4 Å². The fourth-order valence-electron chi connectivity index (χ4n) is 7.91. The van der Waals surface area contributed by atoms with Crippen LogP contribution in [0.3, 0.4) is 0 Å². The van der Waals surface area contributed by atoms with Gasteiger partial charge in [-0.1, -0.05) is 65.3 Å². The summed E-state index contributed by atoms with van der Waals surface area (Å²) in [5.41, 5.74) is -0.230. The van der Waals surface area contributed by atoms with E-state index in [9.17, 15) is 24.3 Å². The largest absolute Gasteiger partial charge is 0.497 e. The number of carbonyl (C=O) groups is 4. The molecule has 280 valence electrons. The van der Waals surface area contributed by atoms with Crippen LogP contribution < -0.4 is 15.0 Å². The first-order valence-electron chi connectivity index (χ1n) is 17.6. The van der Waals surface area contributed by atoms with Gasteiger partial charge in [0.25, 0.3) is 5.91 Å². The second-order valence-corrected chi connectivity index (χ2v) is 14.5. The van der Waals surface area contributed by atoms with Crippen LogP contribution in [0.15, 0.2) is 79.9 Å². The topological polar surface area (TPSA) is 144 Å². The zero-order valence-electron chi connectivity index (χ0n) is 29.8. The lowest BCUT2D eigenvalue weighted by Crippen LogP contribution is -2.59. The van der Waals surface area contributed by atoms with E-state index in [0.717, 1.165) is 0 Å². The molecular formula is C39H48BrN3O9. The molecule has 5 rings (SSSR count). The van der Waals surface area contributed by atoms with E-state index in [1.54, 1.807) is 67.8 Å². The van der Waals surface area contributed by atoms with Crippen LogP contribution in [0.2, 0.25) is 0 Å². The predicted molar refractivity (Wildman–Crippen MR) is 198 cm³/mol. The van der Waals surface area contributed by atoms with Gasteiger partial charge in [0, 0.05) is 30.6 Å². The Bertz CT molecular complexity index is 1600. The van der Waals surface area contributed by atoms with Gasteiger partial charge >= 0.3 is 5.97 Å². The lowest BCUT2D eigenvalue weighted by molar-refractivity contribution is -0.163. The smallest absolute Gasteiger partial charge is 0.313 e. The van der Waals surface area contributed by atoms with Gasteiger partial charge in [0.15, 0.2) is 0 Å². The van der Waals surface area contributed by atoms with Crippen LogP contribution in [0.5, 0.6) is 5.75 Å². The summed E-state index contributed by atoms with van der Waals surface area (Å²) < 4.78 is 23.8. The molecule has 0 aromatic heterocycles. The molecule has 13 heteroatoms. The predicted octanol–water partition coefficient (Wildman–Crippen LogP) is 4.12. The number of ether oxygens (including phenoxy) is 4. The van der Waals surface area contributed by atoms with Gasteiger partial charge in [0.05, 0.1) is 50.3 Å². The fourth-order valence-corrected chi connectivity index (χ4v) is 8.85. The van der Waals surface area contributed by atoms with Crippen LogP contribution in [0.4, 0.5) is 5.69 Å². The first kappa shape index (κ1) is 39.2. The molecule has 1 spiro atoms. The molecule has 3 aliphatic rings. The van der Waals surface area contributed by atoms with Gasteiger partial charge in [-0.2, -0.15) is 0 Å². The number of hydrogen-bond acceptors (Lipinski definition) is 9. The Labute approximate surface area is 313 Å². The molecule has 2 aromatic carbocycles. The van der Waals surface area contributed by atoms with Crippen LogP contribution in [-0.4, -0.2) is 102 Å². The minimum Gasteiger partial charge on any atom is -0.497 e. The molecule has 1 unspecified atom stereocenters. The third-order valence-corrected chi connectivity index (χ3v) is 11.1. The molecule has 3 amide bonds. The Morgan fingerprint density at radius 1 is 1.13 bits per heavy atom. The number of carbonyl (C=O) groups excluding carboxylic acids is 4. The summed E-state index contributed by atoms with van der Waals surface area (Å²) in [4.78, 5) is 59.7. The lowest BCUT2D eigenvalue weighted by atomic mass is 9.70. The molecule has 3 saturated heterocycles. The third-order valence-electron chi connectivity index (χ3n) is 10.3. The van der Waals surface area contributed by atoms with Crippen molar-refractivity contribution in [3.63, 3.8) is 0 Å². The molecular weight excluding hydrogens is 734 g/mol. The second-order valence-electron chi connectivity index (χ2n) is 13.3. The molecule has 0 saturated carbocycles. The molecule has 2 bridgehead atoms. The molecule has 3 aliphatic heterocycles. The molecule has 0 aliphatic carbocycles. The third kappa shape index (κ3) is 7.41. The summed E-state index contributed by atoms with van der Waals surface area (Å²) in [5, 5.41) is 13.5. The highest BCUT2D eigenvalue weighted by Gasteiger charge is 2.77. The Morgan fingerprint density at radius 3 is 2.44 bits per heavy atom. The maximum Gasteiger partial charge on any atom is 0.313 e. The SMILES string of the molecule is C=CCCC(=O)N[C@@H](COC)[C@@H](OC(=O)[C@H]1[C@@H]2O[C@@]3(CC2Br)[C@@H]1C(=O)N([C@@H](CC)CO)[C@@H]3C(=O)N(CC=C)c1ccc(OC)cc1)c1ccccc1. The number of alkyl halides is 1. The van der Waals surface area contributed by atoms with Crippen LogP contribution in [0.25, 0.3) is 0 Å². The quantitative estimate of drug-likeness (QED) is 0.130. The molecule has 3 fully saturated rings. The van der Waals surface area contributed by atoms with Gasteiger partial charge in [0.2, 0.25) is 11.8 Å². The van der Waals surface area contributed by atoms with E-state index >= 15 is 0 Å². The van der Waals surface area contributed by atoms with E-state index in [1.165, 1.54) is 16.9 Å². The minimum absolute atomic E-state index is 0.0359. The Hall–Kier alpha value is -4.04. The van der Waals surface area contributed by atoms with E-state index in [2.05, 4.69) is 34.4 Å². The zero-order valence-corrected chi connectivity index (χ0v) is 31.4. The number of nitrogens with one attached hydrogen (secondary N) is 1. The molecule has 2 aromatic rings. The first-order valence-corrected chi connectivity index (χ1v) is 18.5. The summed E-state index contributed by atoms with van der Waals surface area (Å²) in [7, 11) is 3.04. The van der Waals surface area contributed by atoms with Crippen LogP contribution in [0, 0.1) is 11.8 Å².